The van der Waals surface area contributed by atoms with Crippen LogP contribution in [0.4, 0.5) is 4.39 Å². The van der Waals surface area contributed by atoms with Crippen LogP contribution >= 0.6 is 12.4 Å². The topological polar surface area (TPSA) is 58.2 Å². The fraction of sp³-hybridized carbons (Fsp3) is 0.400. The summed E-state index contributed by atoms with van der Waals surface area (Å²) < 4.78 is 38.6. The molecule has 0 saturated carbocycles. The molecule has 1 rings (SSSR count). The van der Waals surface area contributed by atoms with Crippen molar-refractivity contribution in [2.24, 2.45) is 0 Å². The summed E-state index contributed by atoms with van der Waals surface area (Å²) in [6, 6.07) is 5.85. The van der Waals surface area contributed by atoms with E-state index in [4.69, 9.17) is 0 Å². The fourth-order valence-corrected chi connectivity index (χ4v) is 2.36. The highest BCUT2D eigenvalue weighted by atomic mass is 35.5. The Morgan fingerprint density at radius 2 is 1.88 bits per heavy atom. The zero-order valence-corrected chi connectivity index (χ0v) is 11.1. The highest BCUT2D eigenvalue weighted by Gasteiger charge is 2.13. The maximum Gasteiger partial charge on any atom is 0.215 e. The van der Waals surface area contributed by atoms with E-state index in [0.29, 0.717) is 13.1 Å². The van der Waals surface area contributed by atoms with Crippen molar-refractivity contribution in [3.63, 3.8) is 0 Å². The average Bonchev–Trinajstić information content (AvgIpc) is 2.21. The summed E-state index contributed by atoms with van der Waals surface area (Å²) in [5.41, 5.74) is 0.180. The second kappa shape index (κ2) is 7.60. The third-order valence-electron chi connectivity index (χ3n) is 2.00. The summed E-state index contributed by atoms with van der Waals surface area (Å²) in [7, 11) is -1.73. The molecule has 0 bridgehead atoms. The lowest BCUT2D eigenvalue weighted by Gasteiger charge is -2.06. The van der Waals surface area contributed by atoms with Gasteiger partial charge in [-0.25, -0.2) is 17.5 Å². The Morgan fingerprint density at radius 3 is 2.47 bits per heavy atom. The highest BCUT2D eigenvalue weighted by molar-refractivity contribution is 7.88. The summed E-state index contributed by atoms with van der Waals surface area (Å²) in [6.45, 7) is 0.837. The number of benzene rings is 1. The smallest absolute Gasteiger partial charge is 0.215 e. The Kier molecular flexibility index (Phi) is 7.29. The van der Waals surface area contributed by atoms with E-state index in [1.54, 1.807) is 13.1 Å². The minimum atomic E-state index is -3.46. The van der Waals surface area contributed by atoms with E-state index in [0.717, 1.165) is 0 Å². The zero-order valence-electron chi connectivity index (χ0n) is 9.44. The van der Waals surface area contributed by atoms with Gasteiger partial charge in [0.25, 0.3) is 0 Å². The molecule has 0 atom stereocenters. The highest BCUT2D eigenvalue weighted by Crippen LogP contribution is 2.09. The Morgan fingerprint density at radius 1 is 1.24 bits per heavy atom. The lowest BCUT2D eigenvalue weighted by atomic mass is 10.2. The standard InChI is InChI=1S/C10H15FN2O2S.ClH/c1-12-6-7-13-16(14,15)8-9-4-2-3-5-10(9)11;/h2-5,12-13H,6-8H2,1H3;1H. The fourth-order valence-electron chi connectivity index (χ4n) is 1.20. The Balaban J connectivity index is 0.00000256. The first kappa shape index (κ1) is 16.3. The quantitative estimate of drug-likeness (QED) is 0.762. The predicted octanol–water partition coefficient (Wildman–Crippen LogP) is 0.886. The first-order valence-corrected chi connectivity index (χ1v) is 6.56. The summed E-state index contributed by atoms with van der Waals surface area (Å²) in [5, 5.41) is 2.81. The number of hydrogen-bond acceptors (Lipinski definition) is 3. The van der Waals surface area contributed by atoms with Gasteiger partial charge >= 0.3 is 0 Å². The summed E-state index contributed by atoms with van der Waals surface area (Å²) in [5.74, 6) is -0.829. The van der Waals surface area contributed by atoms with Gasteiger partial charge in [0.1, 0.15) is 5.82 Å². The van der Waals surface area contributed by atoms with E-state index in [-0.39, 0.29) is 23.7 Å². The summed E-state index contributed by atoms with van der Waals surface area (Å²) in [4.78, 5) is 0. The average molecular weight is 283 g/mol. The number of likely N-dealkylation sites (N-methyl/N-ethyl adjacent to an activating group) is 1. The molecule has 0 aromatic heterocycles. The molecular weight excluding hydrogens is 267 g/mol. The minimum Gasteiger partial charge on any atom is -0.318 e. The zero-order chi connectivity index (χ0) is 12.0. The maximum absolute atomic E-state index is 13.2. The van der Waals surface area contributed by atoms with Gasteiger partial charge in [0, 0.05) is 18.7 Å². The molecule has 0 saturated heterocycles. The van der Waals surface area contributed by atoms with E-state index in [1.807, 2.05) is 0 Å². The van der Waals surface area contributed by atoms with Crippen LogP contribution in [-0.4, -0.2) is 28.6 Å². The Hall–Kier alpha value is -0.690. The first-order valence-electron chi connectivity index (χ1n) is 4.90. The van der Waals surface area contributed by atoms with Crippen LogP contribution in [0.15, 0.2) is 24.3 Å². The molecule has 0 aliphatic heterocycles. The monoisotopic (exact) mass is 282 g/mol. The third-order valence-corrected chi connectivity index (χ3v) is 3.34. The molecule has 2 N–H and O–H groups in total. The van der Waals surface area contributed by atoms with Crippen molar-refractivity contribution in [1.82, 2.24) is 10.0 Å². The third kappa shape index (κ3) is 5.97. The number of sulfonamides is 1. The summed E-state index contributed by atoms with van der Waals surface area (Å²) >= 11 is 0. The number of rotatable bonds is 6. The largest absolute Gasteiger partial charge is 0.318 e. The van der Waals surface area contributed by atoms with E-state index in [9.17, 15) is 12.8 Å². The molecule has 17 heavy (non-hydrogen) atoms. The van der Waals surface area contributed by atoms with Crippen LogP contribution in [0.3, 0.4) is 0 Å². The van der Waals surface area contributed by atoms with E-state index < -0.39 is 15.8 Å². The van der Waals surface area contributed by atoms with Crippen molar-refractivity contribution in [1.29, 1.82) is 0 Å². The van der Waals surface area contributed by atoms with Crippen LogP contribution in [0.2, 0.25) is 0 Å². The van der Waals surface area contributed by atoms with Gasteiger partial charge in [-0.1, -0.05) is 18.2 Å². The second-order valence-electron chi connectivity index (χ2n) is 3.35. The lowest BCUT2D eigenvalue weighted by molar-refractivity contribution is 0.573. The number of nitrogens with one attached hydrogen (secondary N) is 2. The molecule has 98 valence electrons. The molecule has 0 radical (unpaired) electrons. The van der Waals surface area contributed by atoms with Gasteiger partial charge in [-0.2, -0.15) is 0 Å². The van der Waals surface area contributed by atoms with Crippen molar-refractivity contribution in [2.45, 2.75) is 5.75 Å². The molecular formula is C10H16ClFN2O2S. The van der Waals surface area contributed by atoms with Crippen LogP contribution in [0.1, 0.15) is 5.56 Å². The van der Waals surface area contributed by atoms with Crippen molar-refractivity contribution in [3.05, 3.63) is 35.6 Å². The SMILES string of the molecule is CNCCNS(=O)(=O)Cc1ccccc1F.Cl. The minimum absolute atomic E-state index is 0. The van der Waals surface area contributed by atoms with Crippen LogP contribution in [0.5, 0.6) is 0 Å². The van der Waals surface area contributed by atoms with Crippen molar-refractivity contribution in [3.8, 4) is 0 Å². The van der Waals surface area contributed by atoms with Crippen molar-refractivity contribution >= 4 is 22.4 Å². The molecule has 1 aromatic rings. The molecule has 0 aliphatic rings. The normalized spacial score (nSPS) is 10.9. The predicted molar refractivity (Wildman–Crippen MR) is 68.2 cm³/mol. The van der Waals surface area contributed by atoms with Gasteiger partial charge in [0.2, 0.25) is 10.0 Å². The van der Waals surface area contributed by atoms with Crippen LogP contribution in [0.25, 0.3) is 0 Å². The second-order valence-corrected chi connectivity index (χ2v) is 5.16. The molecule has 7 heteroatoms. The van der Waals surface area contributed by atoms with Gasteiger partial charge in [-0.15, -0.1) is 12.4 Å². The van der Waals surface area contributed by atoms with Gasteiger partial charge < -0.3 is 5.32 Å². The van der Waals surface area contributed by atoms with Crippen LogP contribution in [0, 0.1) is 5.82 Å². The van der Waals surface area contributed by atoms with Crippen LogP contribution in [-0.2, 0) is 15.8 Å². The van der Waals surface area contributed by atoms with E-state index >= 15 is 0 Å². The van der Waals surface area contributed by atoms with Gasteiger partial charge in [-0.05, 0) is 13.1 Å². The van der Waals surface area contributed by atoms with Gasteiger partial charge in [0.15, 0.2) is 0 Å². The molecule has 1 aromatic carbocycles. The van der Waals surface area contributed by atoms with Gasteiger partial charge in [-0.3, -0.25) is 0 Å². The number of halogens is 2. The molecule has 0 fully saturated rings. The van der Waals surface area contributed by atoms with Gasteiger partial charge in [0.05, 0.1) is 5.75 Å². The van der Waals surface area contributed by atoms with E-state index in [2.05, 4.69) is 10.0 Å². The molecule has 0 amide bonds. The Bertz CT molecular complexity index is 440. The first-order chi connectivity index (χ1) is 7.55. The Labute approximate surface area is 107 Å². The molecule has 0 unspecified atom stereocenters. The molecule has 0 spiro atoms. The maximum atomic E-state index is 13.2. The molecule has 4 nitrogen and oxygen atoms in total. The van der Waals surface area contributed by atoms with Crippen LogP contribution < -0.4 is 10.0 Å². The summed E-state index contributed by atoms with van der Waals surface area (Å²) in [6.07, 6.45) is 0. The lowest BCUT2D eigenvalue weighted by Crippen LogP contribution is -2.31. The van der Waals surface area contributed by atoms with Crippen molar-refractivity contribution in [2.75, 3.05) is 20.1 Å². The number of hydrogen-bond donors (Lipinski definition) is 2. The van der Waals surface area contributed by atoms with Crippen molar-refractivity contribution < 1.29 is 12.8 Å². The molecule has 0 heterocycles. The molecule has 0 aliphatic carbocycles. The van der Waals surface area contributed by atoms with E-state index in [1.165, 1.54) is 18.2 Å².